The molecule has 0 aliphatic heterocycles. The van der Waals surface area contributed by atoms with Gasteiger partial charge in [0, 0.05) is 17.7 Å². The van der Waals surface area contributed by atoms with Gasteiger partial charge in [0.05, 0.1) is 4.47 Å². The van der Waals surface area contributed by atoms with Crippen molar-refractivity contribution in [3.8, 4) is 11.5 Å². The number of benzene rings is 2. The summed E-state index contributed by atoms with van der Waals surface area (Å²) >= 11 is 3.29. The Bertz CT molecular complexity index is 644. The van der Waals surface area contributed by atoms with E-state index in [1.807, 2.05) is 0 Å². The topological polar surface area (TPSA) is 35.2 Å². The largest absolute Gasteiger partial charge is 0.456 e. The van der Waals surface area contributed by atoms with Gasteiger partial charge in [-0.2, -0.15) is 0 Å². The Balaban J connectivity index is 2.47. The van der Waals surface area contributed by atoms with Crippen molar-refractivity contribution in [2.45, 2.75) is 19.9 Å². The normalized spacial score (nSPS) is 12.3. The Labute approximate surface area is 124 Å². The Morgan fingerprint density at radius 3 is 2.50 bits per heavy atom. The van der Waals surface area contributed by atoms with Crippen molar-refractivity contribution in [1.29, 1.82) is 0 Å². The monoisotopic (exact) mass is 341 g/mol. The first-order chi connectivity index (χ1) is 9.38. The second-order valence-corrected chi connectivity index (χ2v) is 5.46. The molecule has 2 nitrogen and oxygen atoms in total. The average molecular weight is 342 g/mol. The van der Waals surface area contributed by atoms with Gasteiger partial charge in [0.2, 0.25) is 0 Å². The highest BCUT2D eigenvalue weighted by Crippen LogP contribution is 2.35. The fourth-order valence-electron chi connectivity index (χ4n) is 1.79. The highest BCUT2D eigenvalue weighted by Gasteiger charge is 2.14. The first-order valence-corrected chi connectivity index (χ1v) is 6.86. The molecule has 0 amide bonds. The highest BCUT2D eigenvalue weighted by atomic mass is 79.9. The van der Waals surface area contributed by atoms with Crippen LogP contribution >= 0.6 is 15.9 Å². The molecule has 0 saturated carbocycles. The van der Waals surface area contributed by atoms with E-state index < -0.39 is 11.9 Å². The van der Waals surface area contributed by atoms with Gasteiger partial charge in [-0.1, -0.05) is 0 Å². The van der Waals surface area contributed by atoms with Crippen LogP contribution in [0.5, 0.6) is 11.5 Å². The van der Waals surface area contributed by atoms with E-state index in [2.05, 4.69) is 15.9 Å². The SMILES string of the molecule is Cc1cc(Oc2cc(F)ccc2Br)c([C@@H](C)N)cc1F. The first-order valence-electron chi connectivity index (χ1n) is 6.07. The minimum atomic E-state index is -0.413. The number of halogens is 3. The fourth-order valence-corrected chi connectivity index (χ4v) is 2.12. The molecule has 0 unspecified atom stereocenters. The molecular weight excluding hydrogens is 328 g/mol. The second-order valence-electron chi connectivity index (χ2n) is 4.60. The van der Waals surface area contributed by atoms with Gasteiger partial charge in [-0.25, -0.2) is 8.78 Å². The lowest BCUT2D eigenvalue weighted by Crippen LogP contribution is -2.08. The lowest BCUT2D eigenvalue weighted by atomic mass is 10.1. The molecule has 2 N–H and O–H groups in total. The van der Waals surface area contributed by atoms with Crippen molar-refractivity contribution >= 4 is 15.9 Å². The molecule has 106 valence electrons. The zero-order valence-electron chi connectivity index (χ0n) is 11.1. The van der Waals surface area contributed by atoms with Crippen molar-refractivity contribution in [1.82, 2.24) is 0 Å². The highest BCUT2D eigenvalue weighted by molar-refractivity contribution is 9.10. The average Bonchev–Trinajstić information content (AvgIpc) is 2.37. The molecule has 0 bridgehead atoms. The molecule has 0 aliphatic rings. The molecule has 0 aliphatic carbocycles. The van der Waals surface area contributed by atoms with Crippen LogP contribution < -0.4 is 10.5 Å². The minimum Gasteiger partial charge on any atom is -0.456 e. The summed E-state index contributed by atoms with van der Waals surface area (Å²) < 4.78 is 33.2. The number of nitrogens with two attached hydrogens (primary N) is 1. The van der Waals surface area contributed by atoms with Crippen LogP contribution in [0.2, 0.25) is 0 Å². The summed E-state index contributed by atoms with van der Waals surface area (Å²) in [5.74, 6) is -0.0181. The third-order valence-electron chi connectivity index (χ3n) is 2.89. The van der Waals surface area contributed by atoms with Crippen molar-refractivity contribution in [3.05, 3.63) is 57.6 Å². The maximum atomic E-state index is 13.6. The Morgan fingerprint density at radius 1 is 1.15 bits per heavy atom. The van der Waals surface area contributed by atoms with Crippen LogP contribution in [0.15, 0.2) is 34.8 Å². The summed E-state index contributed by atoms with van der Waals surface area (Å²) in [5, 5.41) is 0. The molecule has 0 fully saturated rings. The van der Waals surface area contributed by atoms with E-state index >= 15 is 0 Å². The van der Waals surface area contributed by atoms with Gasteiger partial charge in [-0.05, 0) is 59.6 Å². The van der Waals surface area contributed by atoms with Crippen LogP contribution in [0, 0.1) is 18.6 Å². The van der Waals surface area contributed by atoms with E-state index in [4.69, 9.17) is 10.5 Å². The second kappa shape index (κ2) is 5.89. The molecular formula is C15H14BrF2NO. The van der Waals surface area contributed by atoms with E-state index in [9.17, 15) is 8.78 Å². The van der Waals surface area contributed by atoms with Gasteiger partial charge < -0.3 is 10.5 Å². The molecule has 0 radical (unpaired) electrons. The summed E-state index contributed by atoms with van der Waals surface area (Å²) in [7, 11) is 0. The maximum absolute atomic E-state index is 13.6. The van der Waals surface area contributed by atoms with Crippen LogP contribution in [0.25, 0.3) is 0 Å². The van der Waals surface area contributed by atoms with Gasteiger partial charge >= 0.3 is 0 Å². The Kier molecular flexibility index (Phi) is 4.40. The number of aryl methyl sites for hydroxylation is 1. The zero-order chi connectivity index (χ0) is 14.9. The van der Waals surface area contributed by atoms with E-state index in [0.717, 1.165) is 0 Å². The summed E-state index contributed by atoms with van der Waals surface area (Å²) in [6.45, 7) is 3.37. The standard InChI is InChI=1S/C15H14BrF2NO/c1-8-5-14(11(9(2)19)7-13(8)18)20-15-6-10(17)3-4-12(15)16/h3-7,9H,19H2,1-2H3/t9-/m1/s1. The van der Waals surface area contributed by atoms with Crippen LogP contribution in [-0.4, -0.2) is 0 Å². The van der Waals surface area contributed by atoms with Gasteiger partial charge in [0.25, 0.3) is 0 Å². The molecule has 2 rings (SSSR count). The molecule has 5 heteroatoms. The Hall–Kier alpha value is -1.46. The van der Waals surface area contributed by atoms with Gasteiger partial charge in [0.15, 0.2) is 0 Å². The lowest BCUT2D eigenvalue weighted by Gasteiger charge is -2.16. The van der Waals surface area contributed by atoms with E-state index in [1.54, 1.807) is 26.0 Å². The maximum Gasteiger partial charge on any atom is 0.144 e. The van der Waals surface area contributed by atoms with Crippen LogP contribution in [-0.2, 0) is 0 Å². The summed E-state index contributed by atoms with van der Waals surface area (Å²) in [6.07, 6.45) is 0. The molecule has 0 saturated heterocycles. The predicted molar refractivity (Wildman–Crippen MR) is 77.9 cm³/mol. The third-order valence-corrected chi connectivity index (χ3v) is 3.55. The Morgan fingerprint density at radius 2 is 1.85 bits per heavy atom. The third kappa shape index (κ3) is 3.16. The van der Waals surface area contributed by atoms with Crippen molar-refractivity contribution in [3.63, 3.8) is 0 Å². The van der Waals surface area contributed by atoms with E-state index in [-0.39, 0.29) is 5.82 Å². The van der Waals surface area contributed by atoms with Gasteiger partial charge in [-0.15, -0.1) is 0 Å². The number of hydrogen-bond donors (Lipinski definition) is 1. The fraction of sp³-hybridized carbons (Fsp3) is 0.200. The van der Waals surface area contributed by atoms with Crippen LogP contribution in [0.1, 0.15) is 24.1 Å². The zero-order valence-corrected chi connectivity index (χ0v) is 12.7. The number of hydrogen-bond acceptors (Lipinski definition) is 2. The summed E-state index contributed by atoms with van der Waals surface area (Å²) in [5.41, 5.74) is 6.80. The molecule has 2 aromatic rings. The van der Waals surface area contributed by atoms with Crippen LogP contribution in [0.3, 0.4) is 0 Å². The predicted octanol–water partition coefficient (Wildman–Crippen LogP) is 4.85. The molecule has 0 heterocycles. The lowest BCUT2D eigenvalue weighted by molar-refractivity contribution is 0.460. The van der Waals surface area contributed by atoms with Gasteiger partial charge in [-0.3, -0.25) is 0 Å². The first kappa shape index (κ1) is 14.9. The van der Waals surface area contributed by atoms with E-state index in [1.165, 1.54) is 18.2 Å². The summed E-state index contributed by atoms with van der Waals surface area (Å²) in [6, 6.07) is 6.64. The molecule has 0 aromatic heterocycles. The van der Waals surface area contributed by atoms with Crippen LogP contribution in [0.4, 0.5) is 8.78 Å². The number of rotatable bonds is 3. The van der Waals surface area contributed by atoms with Crippen molar-refractivity contribution < 1.29 is 13.5 Å². The van der Waals surface area contributed by atoms with Gasteiger partial charge in [0.1, 0.15) is 23.1 Å². The molecule has 20 heavy (non-hydrogen) atoms. The molecule has 0 spiro atoms. The van der Waals surface area contributed by atoms with Crippen molar-refractivity contribution in [2.24, 2.45) is 5.73 Å². The number of ether oxygens (including phenoxy) is 1. The van der Waals surface area contributed by atoms with Crippen molar-refractivity contribution in [2.75, 3.05) is 0 Å². The quantitative estimate of drug-likeness (QED) is 0.866. The van der Waals surface area contributed by atoms with E-state index in [0.29, 0.717) is 27.1 Å². The minimum absolute atomic E-state index is 0.318. The summed E-state index contributed by atoms with van der Waals surface area (Å²) in [4.78, 5) is 0. The molecule has 1 atom stereocenters. The molecule has 2 aromatic carbocycles. The smallest absolute Gasteiger partial charge is 0.144 e.